The molecule has 0 bridgehead atoms. The molecule has 0 spiro atoms. The van der Waals surface area contributed by atoms with E-state index in [1.54, 1.807) is 0 Å². The molecule has 0 radical (unpaired) electrons. The van der Waals surface area contributed by atoms with Gasteiger partial charge in [-0.05, 0) is 29.8 Å². The summed E-state index contributed by atoms with van der Waals surface area (Å²) in [6, 6.07) is 11.5. The molecule has 102 valence electrons. The van der Waals surface area contributed by atoms with E-state index in [2.05, 4.69) is 5.10 Å². The van der Waals surface area contributed by atoms with Crippen LogP contribution in [0.15, 0.2) is 42.6 Å². The molecule has 3 nitrogen and oxygen atoms in total. The van der Waals surface area contributed by atoms with Gasteiger partial charge in [-0.2, -0.15) is 5.10 Å². The summed E-state index contributed by atoms with van der Waals surface area (Å²) in [7, 11) is 0. The number of hydrogen-bond donors (Lipinski definition) is 1. The maximum Gasteiger partial charge on any atom is 0.125 e. The zero-order valence-electron chi connectivity index (χ0n) is 10.4. The molecule has 0 saturated heterocycles. The first-order valence-corrected chi connectivity index (χ1v) is 7.52. The van der Waals surface area contributed by atoms with E-state index >= 15 is 0 Å². The lowest BCUT2D eigenvalue weighted by atomic mass is 10.2. The second-order valence-corrected chi connectivity index (χ2v) is 6.52. The molecule has 0 saturated carbocycles. The minimum absolute atomic E-state index is 0.629. The summed E-state index contributed by atoms with van der Waals surface area (Å²) in [6.45, 7) is 0.629. The van der Waals surface area contributed by atoms with E-state index in [0.717, 1.165) is 20.5 Å². The number of rotatable bonds is 3. The molecule has 0 atom stereocenters. The van der Waals surface area contributed by atoms with Crippen LogP contribution in [0.25, 0.3) is 10.6 Å². The molecule has 0 aliphatic heterocycles. The Balaban J connectivity index is 1.89. The van der Waals surface area contributed by atoms with Gasteiger partial charge >= 0.3 is 0 Å². The van der Waals surface area contributed by atoms with Crippen molar-refractivity contribution in [2.45, 2.75) is 6.54 Å². The monoisotopic (exact) mass is 323 g/mol. The number of nitrogens with zero attached hydrogens (tertiary/aromatic N) is 2. The van der Waals surface area contributed by atoms with Crippen LogP contribution < -0.4 is 5.73 Å². The summed E-state index contributed by atoms with van der Waals surface area (Å²) in [5, 5.41) is 5.23. The Bertz CT molecular complexity index is 748. The molecule has 0 aliphatic carbocycles. The Morgan fingerprint density at radius 2 is 2.05 bits per heavy atom. The van der Waals surface area contributed by atoms with Gasteiger partial charge in [0.25, 0.3) is 0 Å². The highest BCUT2D eigenvalue weighted by atomic mass is 35.5. The van der Waals surface area contributed by atoms with E-state index in [0.29, 0.717) is 17.3 Å². The van der Waals surface area contributed by atoms with Crippen molar-refractivity contribution < 1.29 is 0 Å². The number of benzene rings is 1. The van der Waals surface area contributed by atoms with Gasteiger partial charge in [0, 0.05) is 11.2 Å². The number of thiophene rings is 1. The van der Waals surface area contributed by atoms with Crippen molar-refractivity contribution >= 4 is 40.2 Å². The van der Waals surface area contributed by atoms with Crippen molar-refractivity contribution in [3.8, 4) is 10.6 Å². The van der Waals surface area contributed by atoms with Crippen molar-refractivity contribution in [2.75, 3.05) is 5.73 Å². The van der Waals surface area contributed by atoms with Crippen LogP contribution in [0.3, 0.4) is 0 Å². The Morgan fingerprint density at radius 1 is 1.20 bits per heavy atom. The minimum atomic E-state index is 0.629. The molecule has 0 amide bonds. The molecule has 2 N–H and O–H groups in total. The van der Waals surface area contributed by atoms with Gasteiger partial charge in [-0.1, -0.05) is 35.3 Å². The van der Waals surface area contributed by atoms with Gasteiger partial charge in [-0.15, -0.1) is 11.3 Å². The third-order valence-electron chi connectivity index (χ3n) is 2.83. The Morgan fingerprint density at radius 3 is 2.75 bits per heavy atom. The van der Waals surface area contributed by atoms with Crippen LogP contribution >= 0.6 is 34.5 Å². The van der Waals surface area contributed by atoms with Crippen molar-refractivity contribution in [3.05, 3.63) is 57.5 Å². The molecule has 0 fully saturated rings. The quantitative estimate of drug-likeness (QED) is 0.768. The van der Waals surface area contributed by atoms with Crippen molar-refractivity contribution in [3.63, 3.8) is 0 Å². The molecule has 3 rings (SSSR count). The first-order valence-electron chi connectivity index (χ1n) is 5.95. The van der Waals surface area contributed by atoms with Crippen LogP contribution in [-0.4, -0.2) is 9.78 Å². The lowest BCUT2D eigenvalue weighted by Crippen LogP contribution is -2.00. The molecule has 20 heavy (non-hydrogen) atoms. The topological polar surface area (TPSA) is 43.8 Å². The Hall–Kier alpha value is -1.49. The smallest absolute Gasteiger partial charge is 0.125 e. The van der Waals surface area contributed by atoms with Crippen LogP contribution in [0.4, 0.5) is 5.69 Å². The predicted octanol–water partition coefficient (Wildman–Crippen LogP) is 4.55. The summed E-state index contributed by atoms with van der Waals surface area (Å²) in [4.78, 5) is 0.970. The van der Waals surface area contributed by atoms with Crippen LogP contribution in [-0.2, 0) is 6.54 Å². The zero-order chi connectivity index (χ0) is 14.1. The van der Waals surface area contributed by atoms with Crippen molar-refractivity contribution in [2.24, 2.45) is 0 Å². The number of halogens is 2. The van der Waals surface area contributed by atoms with Crippen LogP contribution in [0.2, 0.25) is 9.36 Å². The van der Waals surface area contributed by atoms with Gasteiger partial charge in [0.1, 0.15) is 5.69 Å². The second kappa shape index (κ2) is 5.48. The number of nitrogens with two attached hydrogens (primary N) is 1. The second-order valence-electron chi connectivity index (χ2n) is 4.36. The van der Waals surface area contributed by atoms with E-state index < -0.39 is 0 Å². The van der Waals surface area contributed by atoms with Gasteiger partial charge in [0.15, 0.2) is 0 Å². The minimum Gasteiger partial charge on any atom is -0.396 e. The summed E-state index contributed by atoms with van der Waals surface area (Å²) >= 11 is 13.4. The molecule has 2 heterocycles. The first kappa shape index (κ1) is 13.5. The SMILES string of the molecule is Nc1cn(Cc2cccc(Cl)c2)nc1-c1ccc(Cl)s1. The Kier molecular flexibility index (Phi) is 3.70. The van der Waals surface area contributed by atoms with E-state index in [9.17, 15) is 0 Å². The Labute approximate surface area is 130 Å². The standard InChI is InChI=1S/C14H11Cl2N3S/c15-10-3-1-2-9(6-10)7-19-8-11(17)14(18-19)12-4-5-13(16)20-12/h1-6,8H,7,17H2. The van der Waals surface area contributed by atoms with Gasteiger partial charge in [-0.3, -0.25) is 4.68 Å². The maximum absolute atomic E-state index is 6.02. The predicted molar refractivity (Wildman–Crippen MR) is 85.5 cm³/mol. The summed E-state index contributed by atoms with van der Waals surface area (Å²) in [5.74, 6) is 0. The normalized spacial score (nSPS) is 10.9. The highest BCUT2D eigenvalue weighted by Gasteiger charge is 2.11. The van der Waals surface area contributed by atoms with E-state index in [1.807, 2.05) is 47.3 Å². The molecule has 0 unspecified atom stereocenters. The van der Waals surface area contributed by atoms with Crippen molar-refractivity contribution in [1.29, 1.82) is 0 Å². The molecule has 6 heteroatoms. The third-order valence-corrected chi connectivity index (χ3v) is 4.30. The molecular formula is C14H11Cl2N3S. The third kappa shape index (κ3) is 2.82. The fourth-order valence-corrected chi connectivity index (χ4v) is 3.24. The van der Waals surface area contributed by atoms with E-state index in [1.165, 1.54) is 11.3 Å². The average Bonchev–Trinajstić information content (AvgIpc) is 2.96. The summed E-state index contributed by atoms with van der Waals surface area (Å²) in [5.41, 5.74) is 8.51. The number of anilines is 1. The molecule has 2 aromatic heterocycles. The fourth-order valence-electron chi connectivity index (χ4n) is 1.97. The van der Waals surface area contributed by atoms with Gasteiger partial charge in [0.2, 0.25) is 0 Å². The number of aromatic nitrogens is 2. The lowest BCUT2D eigenvalue weighted by Gasteiger charge is -2.01. The largest absolute Gasteiger partial charge is 0.396 e. The molecule has 3 aromatic rings. The fraction of sp³-hybridized carbons (Fsp3) is 0.0714. The lowest BCUT2D eigenvalue weighted by molar-refractivity contribution is 0.690. The molecular weight excluding hydrogens is 313 g/mol. The average molecular weight is 324 g/mol. The van der Waals surface area contributed by atoms with E-state index in [-0.39, 0.29) is 0 Å². The number of nitrogen functional groups attached to an aromatic ring is 1. The van der Waals surface area contributed by atoms with Crippen LogP contribution in [0.5, 0.6) is 0 Å². The van der Waals surface area contributed by atoms with Crippen molar-refractivity contribution in [1.82, 2.24) is 9.78 Å². The molecule has 0 aliphatic rings. The highest BCUT2D eigenvalue weighted by molar-refractivity contribution is 7.19. The summed E-state index contributed by atoms with van der Waals surface area (Å²) < 4.78 is 2.54. The van der Waals surface area contributed by atoms with Gasteiger partial charge < -0.3 is 5.73 Å². The van der Waals surface area contributed by atoms with Crippen LogP contribution in [0.1, 0.15) is 5.56 Å². The molecule has 1 aromatic carbocycles. The number of hydrogen-bond acceptors (Lipinski definition) is 3. The maximum atomic E-state index is 6.02. The highest BCUT2D eigenvalue weighted by Crippen LogP contribution is 2.33. The summed E-state index contributed by atoms with van der Waals surface area (Å²) in [6.07, 6.45) is 1.82. The van der Waals surface area contributed by atoms with Gasteiger partial charge in [-0.25, -0.2) is 0 Å². The van der Waals surface area contributed by atoms with Crippen LogP contribution in [0, 0.1) is 0 Å². The first-order chi connectivity index (χ1) is 9.61. The zero-order valence-corrected chi connectivity index (χ0v) is 12.7. The van der Waals surface area contributed by atoms with E-state index in [4.69, 9.17) is 28.9 Å². The van der Waals surface area contributed by atoms with Gasteiger partial charge in [0.05, 0.1) is 21.4 Å².